The number of hydrogen-bond donors (Lipinski definition) is 0. The predicted octanol–water partition coefficient (Wildman–Crippen LogP) is 4.44. The molecule has 0 saturated heterocycles. The first-order valence-corrected chi connectivity index (χ1v) is 7.67. The summed E-state index contributed by atoms with van der Waals surface area (Å²) in [5.41, 5.74) is 1.41. The van der Waals surface area contributed by atoms with Crippen molar-refractivity contribution in [3.05, 3.63) is 27.3 Å². The molecule has 0 N–H and O–H groups in total. The van der Waals surface area contributed by atoms with Crippen LogP contribution in [0.2, 0.25) is 0 Å². The maximum absolute atomic E-state index is 5.26. The molecule has 18 heavy (non-hydrogen) atoms. The van der Waals surface area contributed by atoms with Gasteiger partial charge in [-0.2, -0.15) is 0 Å². The molecular weight excluding hydrogens is 339 g/mol. The van der Waals surface area contributed by atoms with Gasteiger partial charge in [0.1, 0.15) is 5.75 Å². The molecule has 102 valence electrons. The third-order valence-electron chi connectivity index (χ3n) is 3.05. The Balaban J connectivity index is 2.22. The van der Waals surface area contributed by atoms with E-state index in [0.717, 1.165) is 18.8 Å². The monoisotopic (exact) mass is 362 g/mol. The molecule has 0 unspecified atom stereocenters. The Kier molecular flexibility index (Phi) is 8.42. The van der Waals surface area contributed by atoms with Crippen LogP contribution in [0.5, 0.6) is 5.75 Å². The largest absolute Gasteiger partial charge is 0.497 e. The summed E-state index contributed by atoms with van der Waals surface area (Å²) in [5, 5.41) is 0. The van der Waals surface area contributed by atoms with Crippen molar-refractivity contribution >= 4 is 22.6 Å². The first-order valence-electron chi connectivity index (χ1n) is 6.59. The van der Waals surface area contributed by atoms with Crippen LogP contribution < -0.4 is 4.74 Å². The molecule has 0 fully saturated rings. The second-order valence-corrected chi connectivity index (χ2v) is 5.63. The van der Waals surface area contributed by atoms with E-state index in [9.17, 15) is 0 Å². The zero-order valence-corrected chi connectivity index (χ0v) is 13.5. The third-order valence-corrected chi connectivity index (χ3v) is 4.10. The lowest BCUT2D eigenvalue weighted by Crippen LogP contribution is -1.93. The van der Waals surface area contributed by atoms with Crippen molar-refractivity contribution in [2.24, 2.45) is 0 Å². The highest BCUT2D eigenvalue weighted by atomic mass is 127. The van der Waals surface area contributed by atoms with Crippen LogP contribution in [0.3, 0.4) is 0 Å². The number of ether oxygens (including phenoxy) is 2. The number of halogens is 1. The van der Waals surface area contributed by atoms with E-state index in [1.807, 2.05) is 6.07 Å². The molecule has 3 heteroatoms. The SMILES string of the molecule is COCCCCCCCc1cc(OC)ccc1I. The number of hydrogen-bond acceptors (Lipinski definition) is 2. The molecule has 0 aliphatic carbocycles. The molecule has 1 rings (SSSR count). The topological polar surface area (TPSA) is 18.5 Å². The molecule has 0 heterocycles. The van der Waals surface area contributed by atoms with Crippen LogP contribution in [0.4, 0.5) is 0 Å². The van der Waals surface area contributed by atoms with Crippen LogP contribution in [0.15, 0.2) is 18.2 Å². The Labute approximate surface area is 124 Å². The predicted molar refractivity (Wildman–Crippen MR) is 84.4 cm³/mol. The Morgan fingerprint density at radius 1 is 1.00 bits per heavy atom. The van der Waals surface area contributed by atoms with Crippen molar-refractivity contribution < 1.29 is 9.47 Å². The van der Waals surface area contributed by atoms with E-state index in [1.165, 1.54) is 41.2 Å². The van der Waals surface area contributed by atoms with Crippen LogP contribution in [0.1, 0.15) is 37.7 Å². The first kappa shape index (κ1) is 15.8. The van der Waals surface area contributed by atoms with Crippen molar-refractivity contribution in [2.75, 3.05) is 20.8 Å². The number of unbranched alkanes of at least 4 members (excludes halogenated alkanes) is 4. The lowest BCUT2D eigenvalue weighted by molar-refractivity contribution is 0.192. The Bertz CT molecular complexity index is 339. The number of aryl methyl sites for hydroxylation is 1. The Hall–Kier alpha value is -0.290. The summed E-state index contributed by atoms with van der Waals surface area (Å²) in [4.78, 5) is 0. The van der Waals surface area contributed by atoms with Gasteiger partial charge in [-0.15, -0.1) is 0 Å². The van der Waals surface area contributed by atoms with Crippen LogP contribution in [0.25, 0.3) is 0 Å². The van der Waals surface area contributed by atoms with E-state index < -0.39 is 0 Å². The van der Waals surface area contributed by atoms with Gasteiger partial charge in [-0.25, -0.2) is 0 Å². The molecule has 0 bridgehead atoms. The van der Waals surface area contributed by atoms with Gasteiger partial charge < -0.3 is 9.47 Å². The minimum absolute atomic E-state index is 0.897. The minimum atomic E-state index is 0.897. The first-order chi connectivity index (χ1) is 8.77. The van der Waals surface area contributed by atoms with Gasteiger partial charge in [0, 0.05) is 17.3 Å². The molecule has 1 aromatic rings. The van der Waals surface area contributed by atoms with Gasteiger partial charge in [0.2, 0.25) is 0 Å². The molecule has 0 spiro atoms. The van der Waals surface area contributed by atoms with E-state index in [2.05, 4.69) is 34.7 Å². The standard InChI is InChI=1S/C15H23IO2/c1-17-11-7-5-3-4-6-8-13-12-14(18-2)9-10-15(13)16/h9-10,12H,3-8,11H2,1-2H3. The number of benzene rings is 1. The van der Waals surface area contributed by atoms with Crippen molar-refractivity contribution in [3.63, 3.8) is 0 Å². The molecular formula is C15H23IO2. The molecule has 0 atom stereocenters. The summed E-state index contributed by atoms with van der Waals surface area (Å²) in [6.45, 7) is 0.897. The second-order valence-electron chi connectivity index (χ2n) is 4.47. The van der Waals surface area contributed by atoms with Crippen molar-refractivity contribution in [1.82, 2.24) is 0 Å². The van der Waals surface area contributed by atoms with E-state index in [4.69, 9.17) is 9.47 Å². The highest BCUT2D eigenvalue weighted by Crippen LogP contribution is 2.21. The molecule has 1 aromatic carbocycles. The van der Waals surface area contributed by atoms with Crippen molar-refractivity contribution in [3.8, 4) is 5.75 Å². The van der Waals surface area contributed by atoms with E-state index >= 15 is 0 Å². The number of rotatable bonds is 9. The van der Waals surface area contributed by atoms with Crippen LogP contribution in [-0.2, 0) is 11.2 Å². The van der Waals surface area contributed by atoms with Crippen molar-refractivity contribution in [2.45, 2.75) is 38.5 Å². The molecule has 0 saturated carbocycles. The fourth-order valence-corrected chi connectivity index (χ4v) is 2.57. The van der Waals surface area contributed by atoms with Crippen LogP contribution in [0, 0.1) is 3.57 Å². The molecule has 0 aliphatic rings. The summed E-state index contributed by atoms with van der Waals surface area (Å²) in [6.07, 6.45) is 7.49. The van der Waals surface area contributed by atoms with Gasteiger partial charge in [0.05, 0.1) is 7.11 Å². The molecule has 0 amide bonds. The summed E-state index contributed by atoms with van der Waals surface area (Å²) in [6, 6.07) is 6.32. The van der Waals surface area contributed by atoms with Gasteiger partial charge in [-0.05, 0) is 65.6 Å². The maximum Gasteiger partial charge on any atom is 0.119 e. The number of methoxy groups -OCH3 is 2. The van der Waals surface area contributed by atoms with Crippen molar-refractivity contribution in [1.29, 1.82) is 0 Å². The quantitative estimate of drug-likeness (QED) is 0.478. The zero-order chi connectivity index (χ0) is 13.2. The second kappa shape index (κ2) is 9.62. The molecule has 0 aromatic heterocycles. The normalized spacial score (nSPS) is 10.6. The molecule has 2 nitrogen and oxygen atoms in total. The third kappa shape index (κ3) is 6.05. The van der Waals surface area contributed by atoms with E-state index in [0.29, 0.717) is 0 Å². The summed E-state index contributed by atoms with van der Waals surface area (Å²) in [5.74, 6) is 0.963. The average molecular weight is 362 g/mol. The van der Waals surface area contributed by atoms with Gasteiger partial charge in [-0.3, -0.25) is 0 Å². The zero-order valence-electron chi connectivity index (χ0n) is 11.4. The summed E-state index contributed by atoms with van der Waals surface area (Å²) >= 11 is 2.40. The van der Waals surface area contributed by atoms with E-state index in [-0.39, 0.29) is 0 Å². The lowest BCUT2D eigenvalue weighted by atomic mass is 10.1. The van der Waals surface area contributed by atoms with Gasteiger partial charge in [0.25, 0.3) is 0 Å². The minimum Gasteiger partial charge on any atom is -0.497 e. The highest BCUT2D eigenvalue weighted by Gasteiger charge is 2.02. The van der Waals surface area contributed by atoms with Gasteiger partial charge in [0.15, 0.2) is 0 Å². The smallest absolute Gasteiger partial charge is 0.119 e. The Morgan fingerprint density at radius 2 is 1.72 bits per heavy atom. The average Bonchev–Trinajstić information content (AvgIpc) is 2.39. The Morgan fingerprint density at radius 3 is 2.44 bits per heavy atom. The van der Waals surface area contributed by atoms with Crippen LogP contribution >= 0.6 is 22.6 Å². The summed E-state index contributed by atoms with van der Waals surface area (Å²) < 4.78 is 11.6. The summed E-state index contributed by atoms with van der Waals surface area (Å²) in [7, 11) is 3.49. The lowest BCUT2D eigenvalue weighted by Gasteiger charge is -2.07. The fourth-order valence-electron chi connectivity index (χ4n) is 1.96. The van der Waals surface area contributed by atoms with E-state index in [1.54, 1.807) is 14.2 Å². The van der Waals surface area contributed by atoms with Gasteiger partial charge >= 0.3 is 0 Å². The molecule has 0 radical (unpaired) electrons. The highest BCUT2D eigenvalue weighted by molar-refractivity contribution is 14.1. The fraction of sp³-hybridized carbons (Fsp3) is 0.600. The maximum atomic E-state index is 5.26. The molecule has 0 aliphatic heterocycles. The van der Waals surface area contributed by atoms with Crippen LogP contribution in [-0.4, -0.2) is 20.8 Å². The van der Waals surface area contributed by atoms with Gasteiger partial charge in [-0.1, -0.05) is 19.3 Å².